The number of nitrogens with zero attached hydrogens (tertiary/aromatic N) is 4. The third-order valence-electron chi connectivity index (χ3n) is 7.55. The predicted molar refractivity (Wildman–Crippen MR) is 154 cm³/mol. The Bertz CT molecular complexity index is 1680. The zero-order valence-corrected chi connectivity index (χ0v) is 23.8. The number of carbonyl (C=O) groups excluding carboxylic acids is 2. The van der Waals surface area contributed by atoms with Gasteiger partial charge < -0.3 is 14.7 Å². The summed E-state index contributed by atoms with van der Waals surface area (Å²) in [7, 11) is 0. The minimum absolute atomic E-state index is 0.0576. The fourth-order valence-electron chi connectivity index (χ4n) is 5.54. The molecule has 1 fully saturated rings. The van der Waals surface area contributed by atoms with Gasteiger partial charge in [-0.2, -0.15) is 0 Å². The van der Waals surface area contributed by atoms with Crippen molar-refractivity contribution in [2.24, 2.45) is 11.8 Å². The first kappa shape index (κ1) is 27.2. The van der Waals surface area contributed by atoms with E-state index in [-0.39, 0.29) is 35.9 Å². The van der Waals surface area contributed by atoms with Crippen molar-refractivity contribution in [1.29, 1.82) is 0 Å². The molecule has 0 spiro atoms. The van der Waals surface area contributed by atoms with Crippen LogP contribution in [0.25, 0.3) is 10.4 Å². The van der Waals surface area contributed by atoms with Crippen molar-refractivity contribution < 1.29 is 24.4 Å². The largest absolute Gasteiger partial charge is 0.456 e. The molecule has 4 aromatic rings. The minimum Gasteiger partial charge on any atom is -0.456 e. The maximum Gasteiger partial charge on any atom is 0.355 e. The Labute approximate surface area is 243 Å². The number of aliphatic hydroxyl groups excluding tert-OH is 1. The van der Waals surface area contributed by atoms with Crippen molar-refractivity contribution in [3.8, 4) is 0 Å². The van der Waals surface area contributed by atoms with Crippen molar-refractivity contribution in [3.63, 3.8) is 0 Å². The Morgan fingerprint density at radius 3 is 2.61 bits per heavy atom. The average Bonchev–Trinajstić information content (AvgIpc) is 3.61. The standard InChI is InChI=1S/C29H26N4O6S2/c1-16-22(21-12-31-15-30-26(28(31)41-21)40-14-19-6-4-3-5-7-19)25(32-24(16)23(17(2)34)27(32)35)29(36)39-13-18-8-10-20(11-9-18)33(37)38/h3-12,15-17,23-24,34H,13-14H2,1-2H3/t16-,17+,23+,24+/m0/s1. The van der Waals surface area contributed by atoms with Gasteiger partial charge in [-0.25, -0.2) is 9.78 Å². The number of hydrogen-bond acceptors (Lipinski definition) is 9. The molecule has 1 N–H and O–H groups in total. The number of thiazole rings is 1. The van der Waals surface area contributed by atoms with Crippen molar-refractivity contribution in [2.75, 3.05) is 0 Å². The van der Waals surface area contributed by atoms with Gasteiger partial charge in [0.1, 0.15) is 28.5 Å². The third kappa shape index (κ3) is 4.81. The number of β-lactam (4-membered cyclic amide) rings is 1. The lowest BCUT2D eigenvalue weighted by Gasteiger charge is -2.46. The lowest BCUT2D eigenvalue weighted by molar-refractivity contribution is -0.384. The van der Waals surface area contributed by atoms with Gasteiger partial charge in [-0.15, -0.1) is 11.3 Å². The number of rotatable bonds is 9. The van der Waals surface area contributed by atoms with Crippen molar-refractivity contribution >= 4 is 51.1 Å². The van der Waals surface area contributed by atoms with Gasteiger partial charge in [-0.05, 0) is 30.2 Å². The molecule has 2 aliphatic heterocycles. The van der Waals surface area contributed by atoms with E-state index in [1.54, 1.807) is 25.0 Å². The van der Waals surface area contributed by atoms with E-state index in [0.29, 0.717) is 11.1 Å². The summed E-state index contributed by atoms with van der Waals surface area (Å²) in [5.41, 5.74) is 2.60. The number of non-ortho nitro benzene ring substituents is 1. The van der Waals surface area contributed by atoms with E-state index >= 15 is 0 Å². The van der Waals surface area contributed by atoms with Crippen molar-refractivity contribution in [2.45, 2.75) is 43.4 Å². The highest BCUT2D eigenvalue weighted by Crippen LogP contribution is 2.52. The summed E-state index contributed by atoms with van der Waals surface area (Å²) in [4.78, 5) is 44.9. The second-order valence-corrected chi connectivity index (χ2v) is 12.1. The Kier molecular flexibility index (Phi) is 7.14. The molecule has 1 saturated heterocycles. The first-order valence-electron chi connectivity index (χ1n) is 13.0. The van der Waals surface area contributed by atoms with Gasteiger partial charge in [0, 0.05) is 35.6 Å². The summed E-state index contributed by atoms with van der Waals surface area (Å²) in [5.74, 6) is -1.02. The lowest BCUT2D eigenvalue weighted by Crippen LogP contribution is -2.63. The maximum absolute atomic E-state index is 13.6. The van der Waals surface area contributed by atoms with Crippen LogP contribution >= 0.6 is 23.1 Å². The van der Waals surface area contributed by atoms with E-state index < -0.39 is 22.9 Å². The van der Waals surface area contributed by atoms with Crippen LogP contribution in [0.4, 0.5) is 5.69 Å². The Morgan fingerprint density at radius 2 is 1.93 bits per heavy atom. The maximum atomic E-state index is 13.6. The topological polar surface area (TPSA) is 127 Å². The van der Waals surface area contributed by atoms with E-state index in [1.165, 1.54) is 46.1 Å². The number of benzene rings is 2. The first-order chi connectivity index (χ1) is 19.7. The second kappa shape index (κ2) is 10.8. The number of ether oxygens (including phenoxy) is 1. The highest BCUT2D eigenvalue weighted by Gasteiger charge is 2.60. The SMILES string of the molecule is C[C@@H](O)[C@H]1C(=O)N2C(C(=O)OCc3ccc([N+](=O)[O-])cc3)=C(c3cn4cnc(SCc5ccccc5)c4s3)[C@H](C)[C@H]12. The van der Waals surface area contributed by atoms with E-state index in [4.69, 9.17) is 4.74 Å². The molecule has 2 aliphatic rings. The summed E-state index contributed by atoms with van der Waals surface area (Å²) in [6, 6.07) is 15.5. The number of amides is 1. The summed E-state index contributed by atoms with van der Waals surface area (Å²) in [5, 5.41) is 22.2. The van der Waals surface area contributed by atoms with E-state index in [9.17, 15) is 24.8 Å². The molecule has 0 bridgehead atoms. The lowest BCUT2D eigenvalue weighted by atomic mass is 9.77. The quantitative estimate of drug-likeness (QED) is 0.0958. The zero-order valence-electron chi connectivity index (χ0n) is 22.2. The van der Waals surface area contributed by atoms with Gasteiger partial charge in [-0.3, -0.25) is 19.3 Å². The number of nitro benzene ring substituents is 1. The van der Waals surface area contributed by atoms with Crippen LogP contribution in [0.5, 0.6) is 0 Å². The van der Waals surface area contributed by atoms with Gasteiger partial charge in [-0.1, -0.05) is 49.0 Å². The number of fused-ring (bicyclic) bond motifs is 2. The molecule has 41 heavy (non-hydrogen) atoms. The number of aromatic nitrogens is 2. The van der Waals surface area contributed by atoms with E-state index in [2.05, 4.69) is 17.1 Å². The van der Waals surface area contributed by atoms with Crippen molar-refractivity contribution in [3.05, 3.63) is 98.9 Å². The van der Waals surface area contributed by atoms with Gasteiger partial charge in [0.05, 0.1) is 27.9 Å². The number of imidazole rings is 1. The van der Waals surface area contributed by atoms with Crippen LogP contribution in [-0.2, 0) is 26.7 Å². The predicted octanol–water partition coefficient (Wildman–Crippen LogP) is 4.91. The number of carbonyl (C=O) groups is 2. The van der Waals surface area contributed by atoms with Gasteiger partial charge in [0.15, 0.2) is 0 Å². The molecular formula is C29H26N4O6S2. The number of nitro groups is 1. The van der Waals surface area contributed by atoms with Crippen LogP contribution < -0.4 is 0 Å². The molecule has 210 valence electrons. The monoisotopic (exact) mass is 590 g/mol. The van der Waals surface area contributed by atoms with Gasteiger partial charge in [0.2, 0.25) is 5.91 Å². The molecule has 0 unspecified atom stereocenters. The molecule has 0 saturated carbocycles. The molecule has 1 amide bonds. The summed E-state index contributed by atoms with van der Waals surface area (Å²) < 4.78 is 7.56. The molecule has 10 nitrogen and oxygen atoms in total. The zero-order chi connectivity index (χ0) is 28.8. The second-order valence-electron chi connectivity index (χ2n) is 10.1. The molecule has 4 atom stereocenters. The Balaban J connectivity index is 1.31. The summed E-state index contributed by atoms with van der Waals surface area (Å²) in [6.07, 6.45) is 2.81. The third-order valence-corrected chi connectivity index (χ3v) is 9.87. The normalized spacial score (nSPS) is 20.7. The van der Waals surface area contributed by atoms with Gasteiger partial charge in [0.25, 0.3) is 5.69 Å². The van der Waals surface area contributed by atoms with Crippen LogP contribution in [0.15, 0.2) is 77.8 Å². The van der Waals surface area contributed by atoms with Crippen LogP contribution in [0.1, 0.15) is 29.9 Å². The minimum atomic E-state index is -0.855. The van der Waals surface area contributed by atoms with E-state index in [1.807, 2.05) is 35.7 Å². The molecule has 12 heteroatoms. The fourth-order valence-corrected chi connectivity index (χ4v) is 7.80. The Hall–Kier alpha value is -4.00. The van der Waals surface area contributed by atoms with Crippen LogP contribution in [-0.4, -0.2) is 48.3 Å². The number of thioether (sulfide) groups is 1. The highest BCUT2D eigenvalue weighted by molar-refractivity contribution is 7.98. The van der Waals surface area contributed by atoms with E-state index in [0.717, 1.165) is 20.5 Å². The highest BCUT2D eigenvalue weighted by atomic mass is 32.2. The van der Waals surface area contributed by atoms with Gasteiger partial charge >= 0.3 is 5.97 Å². The molecule has 0 radical (unpaired) electrons. The Morgan fingerprint density at radius 1 is 1.20 bits per heavy atom. The number of aliphatic hydroxyl groups is 1. The molecule has 2 aromatic heterocycles. The molecule has 2 aromatic carbocycles. The smallest absolute Gasteiger partial charge is 0.355 e. The number of hydrogen-bond donors (Lipinski definition) is 1. The van der Waals surface area contributed by atoms with Crippen LogP contribution in [0.3, 0.4) is 0 Å². The van der Waals surface area contributed by atoms with Crippen molar-refractivity contribution in [1.82, 2.24) is 14.3 Å². The summed E-state index contributed by atoms with van der Waals surface area (Å²) in [6.45, 7) is 3.45. The fraction of sp³-hybridized carbons (Fsp3) is 0.276. The molecule has 6 rings (SSSR count). The average molecular weight is 591 g/mol. The molecule has 4 heterocycles. The van der Waals surface area contributed by atoms with Crippen LogP contribution in [0.2, 0.25) is 0 Å². The number of esters is 1. The molecular weight excluding hydrogens is 564 g/mol. The molecule has 0 aliphatic carbocycles. The summed E-state index contributed by atoms with van der Waals surface area (Å²) >= 11 is 3.13. The first-order valence-corrected chi connectivity index (χ1v) is 14.8. The van der Waals surface area contributed by atoms with Crippen LogP contribution in [0, 0.1) is 22.0 Å².